The summed E-state index contributed by atoms with van der Waals surface area (Å²) in [7, 11) is 0. The Balaban J connectivity index is 1.48. The highest BCUT2D eigenvalue weighted by Gasteiger charge is 2.36. The first-order valence-electron chi connectivity index (χ1n) is 9.08. The molecule has 1 spiro atoms. The number of H-pyrrole nitrogens is 1. The quantitative estimate of drug-likeness (QED) is 0.814. The lowest BCUT2D eigenvalue weighted by Crippen LogP contribution is -2.41. The minimum Gasteiger partial charge on any atom is -0.367 e. The van der Waals surface area contributed by atoms with Gasteiger partial charge in [0.15, 0.2) is 0 Å². The molecule has 1 aliphatic heterocycles. The van der Waals surface area contributed by atoms with E-state index in [9.17, 15) is 0 Å². The zero-order valence-electron chi connectivity index (χ0n) is 14.0. The average Bonchev–Trinajstić information content (AvgIpc) is 3.02. The predicted octanol–water partition coefficient (Wildman–Crippen LogP) is 3.24. The summed E-state index contributed by atoms with van der Waals surface area (Å²) in [6, 6.07) is 0.549. The molecule has 124 valence electrons. The Labute approximate surface area is 137 Å². The molecule has 2 aromatic rings. The first-order chi connectivity index (χ1) is 11.3. The number of aromatic nitrogens is 3. The topological polar surface area (TPSA) is 65.6 Å². The molecule has 2 aromatic heterocycles. The molecular formula is C18H27N5. The number of aromatic amines is 1. The third kappa shape index (κ3) is 2.82. The Hall–Kier alpha value is -1.62. The van der Waals surface area contributed by atoms with Crippen LogP contribution in [0, 0.1) is 5.41 Å². The predicted molar refractivity (Wildman–Crippen MR) is 93.7 cm³/mol. The van der Waals surface area contributed by atoms with Crippen molar-refractivity contribution >= 4 is 16.9 Å². The Morgan fingerprint density at radius 1 is 1.17 bits per heavy atom. The van der Waals surface area contributed by atoms with Gasteiger partial charge in [-0.1, -0.05) is 6.92 Å². The molecule has 3 heterocycles. The van der Waals surface area contributed by atoms with E-state index < -0.39 is 0 Å². The van der Waals surface area contributed by atoms with E-state index in [0.29, 0.717) is 11.5 Å². The van der Waals surface area contributed by atoms with Crippen LogP contribution in [0.25, 0.3) is 11.0 Å². The van der Waals surface area contributed by atoms with Crippen LogP contribution in [0.5, 0.6) is 0 Å². The van der Waals surface area contributed by atoms with Crippen molar-refractivity contribution in [2.75, 3.05) is 18.4 Å². The number of nitrogens with one attached hydrogen (secondary N) is 3. The van der Waals surface area contributed by atoms with Crippen LogP contribution >= 0.6 is 0 Å². The van der Waals surface area contributed by atoms with E-state index in [4.69, 9.17) is 0 Å². The first kappa shape index (κ1) is 14.9. The largest absolute Gasteiger partial charge is 0.367 e. The molecule has 0 unspecified atom stereocenters. The molecule has 1 aliphatic carbocycles. The van der Waals surface area contributed by atoms with E-state index in [2.05, 4.69) is 38.7 Å². The van der Waals surface area contributed by atoms with Crippen molar-refractivity contribution in [1.82, 2.24) is 20.3 Å². The van der Waals surface area contributed by atoms with Crippen molar-refractivity contribution in [3.63, 3.8) is 0 Å². The molecule has 0 amide bonds. The summed E-state index contributed by atoms with van der Waals surface area (Å²) in [5, 5.41) is 8.40. The highest BCUT2D eigenvalue weighted by Crippen LogP contribution is 2.43. The highest BCUT2D eigenvalue weighted by molar-refractivity contribution is 5.90. The van der Waals surface area contributed by atoms with Gasteiger partial charge in [0.05, 0.1) is 5.39 Å². The van der Waals surface area contributed by atoms with Crippen LogP contribution in [0.4, 0.5) is 5.82 Å². The summed E-state index contributed by atoms with van der Waals surface area (Å²) in [4.78, 5) is 12.2. The Morgan fingerprint density at radius 2 is 1.96 bits per heavy atom. The second-order valence-corrected chi connectivity index (χ2v) is 7.28. The van der Waals surface area contributed by atoms with Crippen LogP contribution < -0.4 is 10.6 Å². The standard InChI is InChI=1S/C18H27N5/c1-2-13-11-20-16-15(13)17(22-12-21-16)23-14-3-5-18(6-4-14)7-9-19-10-8-18/h11-12,14,19H,2-10H2,1H3,(H2,20,21,22,23). The number of nitrogens with zero attached hydrogens (tertiary/aromatic N) is 2. The molecule has 0 bridgehead atoms. The molecule has 5 nitrogen and oxygen atoms in total. The Kier molecular flexibility index (Phi) is 3.97. The summed E-state index contributed by atoms with van der Waals surface area (Å²) in [6.07, 6.45) is 12.7. The molecule has 2 aliphatic rings. The molecule has 0 atom stereocenters. The molecular weight excluding hydrogens is 286 g/mol. The van der Waals surface area contributed by atoms with Crippen molar-refractivity contribution < 1.29 is 0 Å². The third-order valence-electron chi connectivity index (χ3n) is 5.98. The van der Waals surface area contributed by atoms with E-state index in [1.165, 1.54) is 62.6 Å². The van der Waals surface area contributed by atoms with Crippen LogP contribution in [0.2, 0.25) is 0 Å². The van der Waals surface area contributed by atoms with Crippen molar-refractivity contribution in [1.29, 1.82) is 0 Å². The van der Waals surface area contributed by atoms with Crippen LogP contribution in [-0.2, 0) is 6.42 Å². The lowest BCUT2D eigenvalue weighted by molar-refractivity contribution is 0.128. The zero-order chi connectivity index (χ0) is 15.7. The van der Waals surface area contributed by atoms with Gasteiger partial charge in [-0.2, -0.15) is 0 Å². The molecule has 1 saturated heterocycles. The van der Waals surface area contributed by atoms with Gasteiger partial charge in [-0.15, -0.1) is 0 Å². The molecule has 5 heteroatoms. The van der Waals surface area contributed by atoms with Crippen LogP contribution in [-0.4, -0.2) is 34.1 Å². The van der Waals surface area contributed by atoms with E-state index in [1.54, 1.807) is 6.33 Å². The van der Waals surface area contributed by atoms with E-state index in [1.807, 2.05) is 0 Å². The molecule has 23 heavy (non-hydrogen) atoms. The second kappa shape index (κ2) is 6.11. The number of fused-ring (bicyclic) bond motifs is 1. The lowest BCUT2D eigenvalue weighted by atomic mass is 9.67. The van der Waals surface area contributed by atoms with E-state index >= 15 is 0 Å². The summed E-state index contributed by atoms with van der Waals surface area (Å²) < 4.78 is 0. The number of rotatable bonds is 3. The number of piperidine rings is 1. The van der Waals surface area contributed by atoms with Crippen LogP contribution in [0.3, 0.4) is 0 Å². The van der Waals surface area contributed by atoms with Crippen molar-refractivity contribution in [3.05, 3.63) is 18.1 Å². The van der Waals surface area contributed by atoms with Gasteiger partial charge >= 0.3 is 0 Å². The summed E-state index contributed by atoms with van der Waals surface area (Å²) >= 11 is 0. The lowest BCUT2D eigenvalue weighted by Gasteiger charge is -2.43. The van der Waals surface area contributed by atoms with Crippen molar-refractivity contribution in [2.24, 2.45) is 5.41 Å². The highest BCUT2D eigenvalue weighted by atomic mass is 15.1. The summed E-state index contributed by atoms with van der Waals surface area (Å²) in [6.45, 7) is 4.59. The smallest absolute Gasteiger partial charge is 0.143 e. The minimum absolute atomic E-state index is 0.549. The Morgan fingerprint density at radius 3 is 2.70 bits per heavy atom. The molecule has 3 N–H and O–H groups in total. The Bertz CT molecular complexity index is 661. The van der Waals surface area contributed by atoms with Crippen molar-refractivity contribution in [2.45, 2.75) is 57.9 Å². The summed E-state index contributed by atoms with van der Waals surface area (Å²) in [5.74, 6) is 1.01. The van der Waals surface area contributed by atoms with Gasteiger partial charge in [-0.25, -0.2) is 9.97 Å². The van der Waals surface area contributed by atoms with Gasteiger partial charge in [0, 0.05) is 12.2 Å². The summed E-state index contributed by atoms with van der Waals surface area (Å²) in [5.41, 5.74) is 2.87. The molecule has 0 radical (unpaired) electrons. The van der Waals surface area contributed by atoms with Gasteiger partial charge in [0.1, 0.15) is 17.8 Å². The minimum atomic E-state index is 0.549. The number of anilines is 1. The molecule has 0 aromatic carbocycles. The van der Waals surface area contributed by atoms with Crippen molar-refractivity contribution in [3.8, 4) is 0 Å². The zero-order valence-corrected chi connectivity index (χ0v) is 14.0. The SMILES string of the molecule is CCc1c[nH]c2ncnc(NC3CCC4(CCNCC4)CC3)c12. The average molecular weight is 313 g/mol. The van der Waals surface area contributed by atoms with E-state index in [0.717, 1.165) is 17.9 Å². The van der Waals surface area contributed by atoms with Gasteiger partial charge in [-0.3, -0.25) is 0 Å². The molecule has 2 fully saturated rings. The van der Waals surface area contributed by atoms with Gasteiger partial charge in [0.2, 0.25) is 0 Å². The number of hydrogen-bond donors (Lipinski definition) is 3. The van der Waals surface area contributed by atoms with Gasteiger partial charge < -0.3 is 15.6 Å². The van der Waals surface area contributed by atoms with E-state index in [-0.39, 0.29) is 0 Å². The van der Waals surface area contributed by atoms with Crippen LogP contribution in [0.1, 0.15) is 51.0 Å². The maximum absolute atomic E-state index is 4.53. The number of aryl methyl sites for hydroxylation is 1. The van der Waals surface area contributed by atoms with Crippen LogP contribution in [0.15, 0.2) is 12.5 Å². The van der Waals surface area contributed by atoms with Gasteiger partial charge in [-0.05, 0) is 69.0 Å². The first-order valence-corrected chi connectivity index (χ1v) is 9.08. The third-order valence-corrected chi connectivity index (χ3v) is 5.98. The maximum Gasteiger partial charge on any atom is 0.143 e. The monoisotopic (exact) mass is 313 g/mol. The second-order valence-electron chi connectivity index (χ2n) is 7.28. The fourth-order valence-electron chi connectivity index (χ4n) is 4.44. The number of hydrogen-bond acceptors (Lipinski definition) is 4. The fourth-order valence-corrected chi connectivity index (χ4v) is 4.44. The van der Waals surface area contributed by atoms with Gasteiger partial charge in [0.25, 0.3) is 0 Å². The molecule has 4 rings (SSSR count). The normalized spacial score (nSPS) is 21.8. The fraction of sp³-hybridized carbons (Fsp3) is 0.667. The maximum atomic E-state index is 4.53. The molecule has 1 saturated carbocycles.